The summed E-state index contributed by atoms with van der Waals surface area (Å²) in [6, 6.07) is 5.27. The van der Waals surface area contributed by atoms with Crippen LogP contribution in [0.4, 0.5) is 5.69 Å². The minimum Gasteiger partial charge on any atom is -0.324 e. The van der Waals surface area contributed by atoms with Crippen molar-refractivity contribution in [1.29, 1.82) is 0 Å². The van der Waals surface area contributed by atoms with Gasteiger partial charge in [-0.3, -0.25) is 9.36 Å². The van der Waals surface area contributed by atoms with Gasteiger partial charge in [0.25, 0.3) is 0 Å². The predicted octanol–water partition coefficient (Wildman–Crippen LogP) is 2.23. The van der Waals surface area contributed by atoms with Crippen molar-refractivity contribution in [2.24, 2.45) is 0 Å². The second-order valence-corrected chi connectivity index (χ2v) is 5.37. The number of nitrogens with one attached hydrogen (secondary N) is 1. The standard InChI is InChI=1S/C15H19ClN4O2/c1-4-13-18-20(15(22)19(13)5-2)9-14(21)17-11-7-6-10(3)12(16)8-11/h6-8H,4-5,9H2,1-3H3,(H,17,21). The summed E-state index contributed by atoms with van der Waals surface area (Å²) in [5, 5.41) is 7.49. The van der Waals surface area contributed by atoms with E-state index in [-0.39, 0.29) is 18.1 Å². The number of nitrogens with zero attached hydrogens (tertiary/aromatic N) is 3. The van der Waals surface area contributed by atoms with Crippen molar-refractivity contribution in [3.63, 3.8) is 0 Å². The quantitative estimate of drug-likeness (QED) is 0.917. The van der Waals surface area contributed by atoms with E-state index in [1.165, 1.54) is 4.68 Å². The normalized spacial score (nSPS) is 10.7. The van der Waals surface area contributed by atoms with E-state index in [4.69, 9.17) is 11.6 Å². The van der Waals surface area contributed by atoms with Crippen LogP contribution in [-0.2, 0) is 24.3 Å². The van der Waals surface area contributed by atoms with Crippen molar-refractivity contribution < 1.29 is 4.79 Å². The zero-order valence-corrected chi connectivity index (χ0v) is 13.6. The second-order valence-electron chi connectivity index (χ2n) is 4.97. The van der Waals surface area contributed by atoms with Crippen LogP contribution < -0.4 is 11.0 Å². The first-order valence-corrected chi connectivity index (χ1v) is 7.56. The molecule has 1 heterocycles. The van der Waals surface area contributed by atoms with E-state index in [1.807, 2.05) is 26.8 Å². The zero-order chi connectivity index (χ0) is 16.3. The molecular formula is C15H19ClN4O2. The number of benzene rings is 1. The predicted molar refractivity (Wildman–Crippen MR) is 86.4 cm³/mol. The van der Waals surface area contributed by atoms with Crippen LogP contribution in [0.3, 0.4) is 0 Å². The summed E-state index contributed by atoms with van der Waals surface area (Å²) < 4.78 is 2.75. The summed E-state index contributed by atoms with van der Waals surface area (Å²) in [5.41, 5.74) is 1.26. The van der Waals surface area contributed by atoms with E-state index >= 15 is 0 Å². The SMILES string of the molecule is CCc1nn(CC(=O)Nc2ccc(C)c(Cl)c2)c(=O)n1CC. The molecule has 2 rings (SSSR count). The van der Waals surface area contributed by atoms with E-state index in [0.717, 1.165) is 5.56 Å². The van der Waals surface area contributed by atoms with Gasteiger partial charge in [-0.25, -0.2) is 9.48 Å². The number of halogens is 1. The molecule has 0 bridgehead atoms. The van der Waals surface area contributed by atoms with Crippen molar-refractivity contribution >= 4 is 23.2 Å². The molecule has 1 aromatic heterocycles. The second kappa shape index (κ2) is 6.79. The number of hydrogen-bond acceptors (Lipinski definition) is 3. The molecule has 0 atom stereocenters. The summed E-state index contributed by atoms with van der Waals surface area (Å²) in [5.74, 6) is 0.365. The third-order valence-corrected chi connectivity index (χ3v) is 3.79. The molecule has 7 heteroatoms. The zero-order valence-electron chi connectivity index (χ0n) is 12.9. The number of carbonyl (C=O) groups excluding carboxylic acids is 1. The highest BCUT2D eigenvalue weighted by atomic mass is 35.5. The lowest BCUT2D eigenvalue weighted by Gasteiger charge is -2.06. The molecule has 2 aromatic rings. The van der Waals surface area contributed by atoms with Crippen LogP contribution in [0.15, 0.2) is 23.0 Å². The van der Waals surface area contributed by atoms with Crippen LogP contribution in [0.2, 0.25) is 5.02 Å². The van der Waals surface area contributed by atoms with Crippen LogP contribution in [0, 0.1) is 6.92 Å². The van der Waals surface area contributed by atoms with Crippen LogP contribution in [0.25, 0.3) is 0 Å². The molecular weight excluding hydrogens is 304 g/mol. The Labute approximate surface area is 133 Å². The topological polar surface area (TPSA) is 68.9 Å². The van der Waals surface area contributed by atoms with Crippen molar-refractivity contribution in [3.05, 3.63) is 45.1 Å². The number of rotatable bonds is 5. The summed E-state index contributed by atoms with van der Waals surface area (Å²) in [4.78, 5) is 24.2. The first-order chi connectivity index (χ1) is 10.5. The Morgan fingerprint density at radius 3 is 2.64 bits per heavy atom. The van der Waals surface area contributed by atoms with Crippen molar-refractivity contribution in [2.75, 3.05) is 5.32 Å². The Balaban J connectivity index is 2.14. The van der Waals surface area contributed by atoms with Gasteiger partial charge in [0, 0.05) is 23.7 Å². The molecule has 0 aliphatic rings. The van der Waals surface area contributed by atoms with E-state index < -0.39 is 0 Å². The Bertz CT molecular complexity index is 748. The summed E-state index contributed by atoms with van der Waals surface area (Å²) in [6.45, 7) is 6.10. The minimum absolute atomic E-state index is 0.121. The fourth-order valence-electron chi connectivity index (χ4n) is 2.18. The molecule has 0 aliphatic carbocycles. The van der Waals surface area contributed by atoms with Gasteiger partial charge in [-0.2, -0.15) is 5.10 Å². The number of hydrogen-bond donors (Lipinski definition) is 1. The number of aryl methyl sites for hydroxylation is 2. The highest BCUT2D eigenvalue weighted by molar-refractivity contribution is 6.31. The van der Waals surface area contributed by atoms with E-state index in [9.17, 15) is 9.59 Å². The smallest absolute Gasteiger partial charge is 0.324 e. The summed E-state index contributed by atoms with van der Waals surface area (Å²) >= 11 is 6.02. The number of aromatic nitrogens is 3. The highest BCUT2D eigenvalue weighted by Crippen LogP contribution is 2.19. The van der Waals surface area contributed by atoms with Gasteiger partial charge < -0.3 is 5.32 Å². The third kappa shape index (κ3) is 3.39. The molecule has 1 N–H and O–H groups in total. The van der Waals surface area contributed by atoms with E-state index in [0.29, 0.717) is 29.5 Å². The average Bonchev–Trinajstić information content (AvgIpc) is 2.78. The first kappa shape index (κ1) is 16.3. The van der Waals surface area contributed by atoms with Gasteiger partial charge in [0.05, 0.1) is 0 Å². The third-order valence-electron chi connectivity index (χ3n) is 3.38. The van der Waals surface area contributed by atoms with E-state index in [2.05, 4.69) is 10.4 Å². The number of carbonyl (C=O) groups is 1. The molecule has 1 aromatic carbocycles. The lowest BCUT2D eigenvalue weighted by molar-refractivity contribution is -0.117. The molecule has 0 fully saturated rings. The molecule has 22 heavy (non-hydrogen) atoms. The lowest BCUT2D eigenvalue weighted by Crippen LogP contribution is -2.30. The molecule has 0 saturated heterocycles. The molecule has 0 aliphatic heterocycles. The summed E-state index contributed by atoms with van der Waals surface area (Å²) in [7, 11) is 0. The minimum atomic E-state index is -0.314. The molecule has 0 spiro atoms. The van der Waals surface area contributed by atoms with E-state index in [1.54, 1.807) is 16.7 Å². The van der Waals surface area contributed by atoms with Crippen molar-refractivity contribution in [2.45, 2.75) is 40.3 Å². The highest BCUT2D eigenvalue weighted by Gasteiger charge is 2.13. The Kier molecular flexibility index (Phi) is 5.03. The molecule has 1 amide bonds. The van der Waals surface area contributed by atoms with Gasteiger partial charge >= 0.3 is 5.69 Å². The van der Waals surface area contributed by atoms with Gasteiger partial charge in [0.15, 0.2) is 0 Å². The van der Waals surface area contributed by atoms with Gasteiger partial charge in [0.2, 0.25) is 5.91 Å². The van der Waals surface area contributed by atoms with Crippen LogP contribution >= 0.6 is 11.6 Å². The number of amides is 1. The van der Waals surface area contributed by atoms with Crippen LogP contribution in [0.1, 0.15) is 25.2 Å². The maximum atomic E-state index is 12.1. The monoisotopic (exact) mass is 322 g/mol. The molecule has 0 radical (unpaired) electrons. The molecule has 6 nitrogen and oxygen atoms in total. The largest absolute Gasteiger partial charge is 0.346 e. The van der Waals surface area contributed by atoms with Gasteiger partial charge in [-0.15, -0.1) is 0 Å². The maximum absolute atomic E-state index is 12.1. The first-order valence-electron chi connectivity index (χ1n) is 7.18. The Morgan fingerprint density at radius 1 is 1.36 bits per heavy atom. The fraction of sp³-hybridized carbons (Fsp3) is 0.400. The van der Waals surface area contributed by atoms with Gasteiger partial charge in [0.1, 0.15) is 12.4 Å². The summed E-state index contributed by atoms with van der Waals surface area (Å²) in [6.07, 6.45) is 0.644. The average molecular weight is 323 g/mol. The Morgan fingerprint density at radius 2 is 2.09 bits per heavy atom. The van der Waals surface area contributed by atoms with Crippen LogP contribution in [0.5, 0.6) is 0 Å². The molecule has 118 valence electrons. The molecule has 0 saturated carbocycles. The van der Waals surface area contributed by atoms with Gasteiger partial charge in [-0.05, 0) is 31.5 Å². The van der Waals surface area contributed by atoms with Crippen molar-refractivity contribution in [1.82, 2.24) is 14.3 Å². The lowest BCUT2D eigenvalue weighted by atomic mass is 10.2. The fourth-order valence-corrected chi connectivity index (χ4v) is 2.36. The van der Waals surface area contributed by atoms with Gasteiger partial charge in [-0.1, -0.05) is 24.6 Å². The van der Waals surface area contributed by atoms with Crippen molar-refractivity contribution in [3.8, 4) is 0 Å². The maximum Gasteiger partial charge on any atom is 0.346 e. The number of anilines is 1. The van der Waals surface area contributed by atoms with Crippen LogP contribution in [-0.4, -0.2) is 20.3 Å². The molecule has 0 unspecified atom stereocenters. The Hall–Kier alpha value is -2.08.